The molecule has 1 aromatic carbocycles. The predicted octanol–water partition coefficient (Wildman–Crippen LogP) is 3.81. The zero-order chi connectivity index (χ0) is 14.5. The molecule has 1 unspecified atom stereocenters. The quantitative estimate of drug-likeness (QED) is 0.830. The number of methoxy groups -OCH3 is 1. The fourth-order valence-corrected chi connectivity index (χ4v) is 3.13. The Hall–Kier alpha value is -0.770. The third kappa shape index (κ3) is 3.66. The molecule has 0 radical (unpaired) electrons. The van der Waals surface area contributed by atoms with Gasteiger partial charge in [-0.25, -0.2) is 0 Å². The lowest BCUT2D eigenvalue weighted by Gasteiger charge is -2.37. The van der Waals surface area contributed by atoms with Crippen LogP contribution >= 0.6 is 11.6 Å². The minimum atomic E-state index is 0.274. The SMILES string of the molecule is CCOC1CC(CC(NC)c2cc(Cl)ccc2OC)C1. The van der Waals surface area contributed by atoms with E-state index in [1.54, 1.807) is 7.11 Å². The highest BCUT2D eigenvalue weighted by Crippen LogP contribution is 2.39. The van der Waals surface area contributed by atoms with E-state index in [2.05, 4.69) is 12.2 Å². The molecule has 0 aromatic heterocycles. The summed E-state index contributed by atoms with van der Waals surface area (Å²) in [6.07, 6.45) is 3.88. The number of hydrogen-bond donors (Lipinski definition) is 1. The number of benzene rings is 1. The molecule has 112 valence electrons. The van der Waals surface area contributed by atoms with Crippen LogP contribution in [0.4, 0.5) is 0 Å². The highest BCUT2D eigenvalue weighted by molar-refractivity contribution is 6.30. The zero-order valence-electron chi connectivity index (χ0n) is 12.5. The Labute approximate surface area is 126 Å². The maximum Gasteiger partial charge on any atom is 0.123 e. The van der Waals surface area contributed by atoms with E-state index < -0.39 is 0 Å². The number of nitrogens with one attached hydrogen (secondary N) is 1. The number of hydrogen-bond acceptors (Lipinski definition) is 3. The summed E-state index contributed by atoms with van der Waals surface area (Å²) < 4.78 is 11.1. The second kappa shape index (κ2) is 7.30. The third-order valence-corrected chi connectivity index (χ3v) is 4.31. The van der Waals surface area contributed by atoms with Crippen molar-refractivity contribution in [3.8, 4) is 5.75 Å². The second-order valence-electron chi connectivity index (χ2n) is 5.38. The Morgan fingerprint density at radius 2 is 2.15 bits per heavy atom. The van der Waals surface area contributed by atoms with Gasteiger partial charge in [0.15, 0.2) is 0 Å². The maximum absolute atomic E-state index is 6.12. The molecule has 1 fully saturated rings. The number of ether oxygens (including phenoxy) is 2. The standard InChI is InChI=1S/C16H24ClNO2/c1-4-20-13-7-11(8-13)9-15(18-2)14-10-12(17)5-6-16(14)19-3/h5-6,10-11,13,15,18H,4,7-9H2,1-3H3. The Morgan fingerprint density at radius 1 is 1.40 bits per heavy atom. The van der Waals surface area contributed by atoms with E-state index in [0.717, 1.165) is 42.2 Å². The monoisotopic (exact) mass is 297 g/mol. The summed E-state index contributed by atoms with van der Waals surface area (Å²) in [5.41, 5.74) is 1.14. The average molecular weight is 298 g/mol. The van der Waals surface area contributed by atoms with Crippen LogP contribution < -0.4 is 10.1 Å². The van der Waals surface area contributed by atoms with Crippen molar-refractivity contribution < 1.29 is 9.47 Å². The molecule has 1 atom stereocenters. The van der Waals surface area contributed by atoms with Crippen LogP contribution in [0.15, 0.2) is 18.2 Å². The zero-order valence-corrected chi connectivity index (χ0v) is 13.2. The third-order valence-electron chi connectivity index (χ3n) is 4.08. The summed E-state index contributed by atoms with van der Waals surface area (Å²) >= 11 is 6.12. The molecule has 2 rings (SSSR count). The molecule has 1 aromatic rings. The summed E-state index contributed by atoms with van der Waals surface area (Å²) in [6.45, 7) is 2.87. The van der Waals surface area contributed by atoms with Crippen LogP contribution in [0, 0.1) is 5.92 Å². The van der Waals surface area contributed by atoms with Crippen molar-refractivity contribution >= 4 is 11.6 Å². The van der Waals surface area contributed by atoms with Crippen molar-refractivity contribution in [1.29, 1.82) is 0 Å². The van der Waals surface area contributed by atoms with E-state index in [1.807, 2.05) is 25.2 Å². The van der Waals surface area contributed by atoms with Crippen molar-refractivity contribution in [2.45, 2.75) is 38.3 Å². The summed E-state index contributed by atoms with van der Waals surface area (Å²) in [5, 5.41) is 4.14. The molecule has 1 N–H and O–H groups in total. The van der Waals surface area contributed by atoms with E-state index in [-0.39, 0.29) is 6.04 Å². The van der Waals surface area contributed by atoms with Gasteiger partial charge in [0.2, 0.25) is 0 Å². The summed E-state index contributed by atoms with van der Waals surface area (Å²) in [6, 6.07) is 6.08. The summed E-state index contributed by atoms with van der Waals surface area (Å²) in [4.78, 5) is 0. The minimum Gasteiger partial charge on any atom is -0.496 e. The molecule has 1 saturated carbocycles. The first kappa shape index (κ1) is 15.6. The van der Waals surface area contributed by atoms with Crippen molar-refractivity contribution in [3.05, 3.63) is 28.8 Å². The molecule has 3 nitrogen and oxygen atoms in total. The van der Waals surface area contributed by atoms with E-state index in [1.165, 1.54) is 0 Å². The lowest BCUT2D eigenvalue weighted by atomic mass is 9.77. The van der Waals surface area contributed by atoms with Crippen molar-refractivity contribution in [2.24, 2.45) is 5.92 Å². The molecular weight excluding hydrogens is 274 g/mol. The molecule has 0 spiro atoms. The molecule has 0 heterocycles. The minimum absolute atomic E-state index is 0.274. The fraction of sp³-hybridized carbons (Fsp3) is 0.625. The van der Waals surface area contributed by atoms with Gasteiger partial charge in [0.1, 0.15) is 5.75 Å². The van der Waals surface area contributed by atoms with Gasteiger partial charge in [-0.05, 0) is 57.4 Å². The van der Waals surface area contributed by atoms with Gasteiger partial charge in [0.05, 0.1) is 13.2 Å². The molecule has 4 heteroatoms. The van der Waals surface area contributed by atoms with E-state index in [4.69, 9.17) is 21.1 Å². The molecule has 20 heavy (non-hydrogen) atoms. The molecule has 1 aliphatic carbocycles. The lowest BCUT2D eigenvalue weighted by Crippen LogP contribution is -2.34. The number of rotatable bonds is 7. The van der Waals surface area contributed by atoms with E-state index >= 15 is 0 Å². The largest absolute Gasteiger partial charge is 0.496 e. The topological polar surface area (TPSA) is 30.5 Å². The van der Waals surface area contributed by atoms with E-state index in [0.29, 0.717) is 12.0 Å². The summed E-state index contributed by atoms with van der Waals surface area (Å²) in [7, 11) is 3.69. The summed E-state index contributed by atoms with van der Waals surface area (Å²) in [5.74, 6) is 1.61. The maximum atomic E-state index is 6.12. The van der Waals surface area contributed by atoms with Gasteiger partial charge >= 0.3 is 0 Å². The van der Waals surface area contributed by atoms with Gasteiger partial charge in [0.25, 0.3) is 0 Å². The van der Waals surface area contributed by atoms with Gasteiger partial charge in [-0.3, -0.25) is 0 Å². The Kier molecular flexibility index (Phi) is 5.70. The van der Waals surface area contributed by atoms with Crippen LogP contribution in [0.1, 0.15) is 37.8 Å². The van der Waals surface area contributed by atoms with Gasteiger partial charge in [0, 0.05) is 23.2 Å². The highest BCUT2D eigenvalue weighted by atomic mass is 35.5. The molecule has 0 saturated heterocycles. The van der Waals surface area contributed by atoms with Crippen LogP contribution in [0.2, 0.25) is 5.02 Å². The van der Waals surface area contributed by atoms with Crippen molar-refractivity contribution in [1.82, 2.24) is 5.32 Å². The Morgan fingerprint density at radius 3 is 2.75 bits per heavy atom. The van der Waals surface area contributed by atoms with Gasteiger partial charge in [-0.1, -0.05) is 11.6 Å². The normalized spacial score (nSPS) is 23.2. The van der Waals surface area contributed by atoms with Crippen LogP contribution in [-0.2, 0) is 4.74 Å². The first-order valence-electron chi connectivity index (χ1n) is 7.30. The Balaban J connectivity index is 2.00. The highest BCUT2D eigenvalue weighted by Gasteiger charge is 2.32. The van der Waals surface area contributed by atoms with Crippen LogP contribution in [0.3, 0.4) is 0 Å². The number of halogens is 1. The lowest BCUT2D eigenvalue weighted by molar-refractivity contribution is -0.0290. The van der Waals surface area contributed by atoms with Crippen LogP contribution in [0.25, 0.3) is 0 Å². The molecule has 1 aliphatic rings. The van der Waals surface area contributed by atoms with Crippen molar-refractivity contribution in [3.63, 3.8) is 0 Å². The molecule has 0 bridgehead atoms. The predicted molar refractivity (Wildman–Crippen MR) is 82.6 cm³/mol. The first-order chi connectivity index (χ1) is 9.67. The van der Waals surface area contributed by atoms with Crippen LogP contribution in [0.5, 0.6) is 5.75 Å². The van der Waals surface area contributed by atoms with Crippen molar-refractivity contribution in [2.75, 3.05) is 20.8 Å². The molecular formula is C16H24ClNO2. The fourth-order valence-electron chi connectivity index (χ4n) is 2.95. The second-order valence-corrected chi connectivity index (χ2v) is 5.81. The first-order valence-corrected chi connectivity index (χ1v) is 7.68. The van der Waals surface area contributed by atoms with Gasteiger partial charge < -0.3 is 14.8 Å². The van der Waals surface area contributed by atoms with Gasteiger partial charge in [-0.2, -0.15) is 0 Å². The van der Waals surface area contributed by atoms with Crippen LogP contribution in [-0.4, -0.2) is 26.9 Å². The average Bonchev–Trinajstić information content (AvgIpc) is 2.41. The molecule has 0 aliphatic heterocycles. The Bertz CT molecular complexity index is 432. The van der Waals surface area contributed by atoms with Gasteiger partial charge in [-0.15, -0.1) is 0 Å². The van der Waals surface area contributed by atoms with E-state index in [9.17, 15) is 0 Å². The smallest absolute Gasteiger partial charge is 0.123 e. The molecule has 0 amide bonds.